The highest BCUT2D eigenvalue weighted by Crippen LogP contribution is 2.38. The van der Waals surface area contributed by atoms with Crippen molar-refractivity contribution in [3.05, 3.63) is 47.6 Å². The molecule has 2 atom stereocenters. The molecule has 1 saturated heterocycles. The molecule has 1 aromatic heterocycles. The lowest BCUT2D eigenvalue weighted by Gasteiger charge is -2.40. The normalized spacial score (nSPS) is 23.7. The van der Waals surface area contributed by atoms with Crippen LogP contribution in [0.1, 0.15) is 49.1 Å². The van der Waals surface area contributed by atoms with Crippen LogP contribution in [0.2, 0.25) is 0 Å². The Morgan fingerprint density at radius 3 is 2.76 bits per heavy atom. The van der Waals surface area contributed by atoms with Gasteiger partial charge in [0, 0.05) is 38.1 Å². The number of aliphatic hydroxyl groups excluding tert-OH is 1. The fraction of sp³-hybridized carbons (Fsp3) is 0.579. The molecule has 1 aliphatic carbocycles. The van der Waals surface area contributed by atoms with Gasteiger partial charge in [0.15, 0.2) is 5.82 Å². The first kappa shape index (κ1) is 16.7. The Labute approximate surface area is 148 Å². The predicted molar refractivity (Wildman–Crippen MR) is 94.0 cm³/mol. The minimum Gasteiger partial charge on any atom is -0.387 e. The highest BCUT2D eigenvalue weighted by molar-refractivity contribution is 5.17. The molecule has 0 spiro atoms. The van der Waals surface area contributed by atoms with Crippen LogP contribution in [-0.4, -0.2) is 57.3 Å². The number of piperazine rings is 1. The van der Waals surface area contributed by atoms with Crippen molar-refractivity contribution in [3.8, 4) is 0 Å². The maximum Gasteiger partial charge on any atom is 0.229 e. The number of aromatic nitrogens is 2. The van der Waals surface area contributed by atoms with Crippen molar-refractivity contribution in [1.29, 1.82) is 0 Å². The number of benzene rings is 1. The zero-order valence-electron chi connectivity index (χ0n) is 14.7. The zero-order chi connectivity index (χ0) is 17.2. The zero-order valence-corrected chi connectivity index (χ0v) is 14.7. The van der Waals surface area contributed by atoms with E-state index in [1.54, 1.807) is 0 Å². The van der Waals surface area contributed by atoms with Gasteiger partial charge in [0.1, 0.15) is 0 Å². The quantitative estimate of drug-likeness (QED) is 0.868. The molecule has 0 radical (unpaired) electrons. The summed E-state index contributed by atoms with van der Waals surface area (Å²) in [6, 6.07) is 10.3. The molecule has 0 bridgehead atoms. The predicted octanol–water partition coefficient (Wildman–Crippen LogP) is 2.19. The average Bonchev–Trinajstić information content (AvgIpc) is 3.38. The van der Waals surface area contributed by atoms with Crippen LogP contribution in [0.15, 0.2) is 34.9 Å². The van der Waals surface area contributed by atoms with Gasteiger partial charge in [0.25, 0.3) is 0 Å². The van der Waals surface area contributed by atoms with Gasteiger partial charge in [0.05, 0.1) is 12.6 Å². The fourth-order valence-corrected chi connectivity index (χ4v) is 3.52. The second-order valence-corrected chi connectivity index (χ2v) is 7.33. The second-order valence-electron chi connectivity index (χ2n) is 7.33. The molecule has 1 N–H and O–H groups in total. The molecule has 0 amide bonds. The van der Waals surface area contributed by atoms with Crippen molar-refractivity contribution in [2.45, 2.75) is 44.4 Å². The van der Waals surface area contributed by atoms with Gasteiger partial charge >= 0.3 is 0 Å². The molecule has 134 valence electrons. The van der Waals surface area contributed by atoms with E-state index in [4.69, 9.17) is 4.52 Å². The summed E-state index contributed by atoms with van der Waals surface area (Å²) in [7, 11) is 0. The van der Waals surface area contributed by atoms with E-state index in [-0.39, 0.29) is 0 Å². The number of rotatable bonds is 6. The average molecular weight is 342 g/mol. The summed E-state index contributed by atoms with van der Waals surface area (Å²) in [5.74, 6) is 2.12. The van der Waals surface area contributed by atoms with Crippen molar-refractivity contribution in [2.24, 2.45) is 0 Å². The maximum atomic E-state index is 10.5. The molecule has 25 heavy (non-hydrogen) atoms. The van der Waals surface area contributed by atoms with Gasteiger partial charge in [-0.2, -0.15) is 4.98 Å². The number of nitrogens with zero attached hydrogens (tertiary/aromatic N) is 4. The van der Waals surface area contributed by atoms with E-state index in [0.29, 0.717) is 18.5 Å². The van der Waals surface area contributed by atoms with Crippen LogP contribution in [0.4, 0.5) is 0 Å². The Balaban J connectivity index is 1.29. The van der Waals surface area contributed by atoms with Crippen LogP contribution < -0.4 is 0 Å². The Kier molecular flexibility index (Phi) is 4.83. The summed E-state index contributed by atoms with van der Waals surface area (Å²) in [5, 5.41) is 14.6. The monoisotopic (exact) mass is 342 g/mol. The van der Waals surface area contributed by atoms with E-state index >= 15 is 0 Å². The lowest BCUT2D eigenvalue weighted by atomic mass is 10.1. The van der Waals surface area contributed by atoms with Crippen LogP contribution >= 0.6 is 0 Å². The van der Waals surface area contributed by atoms with Crippen molar-refractivity contribution in [2.75, 3.05) is 26.2 Å². The molecule has 4 rings (SSSR count). The summed E-state index contributed by atoms with van der Waals surface area (Å²) in [4.78, 5) is 9.26. The summed E-state index contributed by atoms with van der Waals surface area (Å²) in [6.07, 6.45) is 1.93. The van der Waals surface area contributed by atoms with Crippen LogP contribution in [-0.2, 0) is 6.54 Å². The summed E-state index contributed by atoms with van der Waals surface area (Å²) in [5.41, 5.74) is 0.983. The molecule has 1 aromatic carbocycles. The molecule has 1 saturated carbocycles. The van der Waals surface area contributed by atoms with E-state index in [1.165, 1.54) is 12.8 Å². The summed E-state index contributed by atoms with van der Waals surface area (Å²) in [6.45, 7) is 6.49. The van der Waals surface area contributed by atoms with Crippen LogP contribution in [0.25, 0.3) is 0 Å². The van der Waals surface area contributed by atoms with Crippen molar-refractivity contribution < 1.29 is 9.63 Å². The minimum atomic E-state index is -0.437. The third-order valence-corrected chi connectivity index (χ3v) is 5.22. The molecule has 2 aliphatic rings. The maximum absolute atomic E-state index is 10.5. The first-order chi connectivity index (χ1) is 12.2. The fourth-order valence-electron chi connectivity index (χ4n) is 3.52. The van der Waals surface area contributed by atoms with E-state index < -0.39 is 6.10 Å². The number of hydrogen-bond acceptors (Lipinski definition) is 6. The van der Waals surface area contributed by atoms with Gasteiger partial charge < -0.3 is 9.63 Å². The molecule has 6 heteroatoms. The first-order valence-electron chi connectivity index (χ1n) is 9.21. The van der Waals surface area contributed by atoms with Crippen LogP contribution in [0.5, 0.6) is 0 Å². The van der Waals surface area contributed by atoms with Gasteiger partial charge in [-0.3, -0.25) is 9.80 Å². The largest absolute Gasteiger partial charge is 0.387 e. The van der Waals surface area contributed by atoms with Crippen molar-refractivity contribution in [1.82, 2.24) is 19.9 Å². The van der Waals surface area contributed by atoms with Gasteiger partial charge in [-0.1, -0.05) is 35.5 Å². The lowest BCUT2D eigenvalue weighted by molar-refractivity contribution is 0.0351. The highest BCUT2D eigenvalue weighted by atomic mass is 16.5. The van der Waals surface area contributed by atoms with Crippen molar-refractivity contribution >= 4 is 0 Å². The van der Waals surface area contributed by atoms with Crippen molar-refractivity contribution in [3.63, 3.8) is 0 Å². The summed E-state index contributed by atoms with van der Waals surface area (Å²) < 4.78 is 5.35. The molecular formula is C19H26N4O2. The van der Waals surface area contributed by atoms with Crippen LogP contribution in [0, 0.1) is 0 Å². The molecule has 2 fully saturated rings. The van der Waals surface area contributed by atoms with E-state index in [9.17, 15) is 5.11 Å². The summed E-state index contributed by atoms with van der Waals surface area (Å²) >= 11 is 0. The van der Waals surface area contributed by atoms with Gasteiger partial charge in [0.2, 0.25) is 5.89 Å². The Bertz CT molecular complexity index is 686. The molecule has 2 aromatic rings. The molecule has 1 aliphatic heterocycles. The first-order valence-corrected chi connectivity index (χ1v) is 9.21. The Morgan fingerprint density at radius 1 is 1.24 bits per heavy atom. The SMILES string of the molecule is CC1CN(Cc2noc(C3CC3)n2)CCN1CC(O)c1ccccc1. The van der Waals surface area contributed by atoms with E-state index in [2.05, 4.69) is 26.9 Å². The Morgan fingerprint density at radius 2 is 2.04 bits per heavy atom. The lowest BCUT2D eigenvalue weighted by Crippen LogP contribution is -2.52. The number of aliphatic hydroxyl groups is 1. The third-order valence-electron chi connectivity index (χ3n) is 5.22. The topological polar surface area (TPSA) is 65.6 Å². The molecule has 6 nitrogen and oxygen atoms in total. The smallest absolute Gasteiger partial charge is 0.229 e. The van der Waals surface area contributed by atoms with E-state index in [0.717, 1.165) is 43.5 Å². The Hall–Kier alpha value is -1.76. The van der Waals surface area contributed by atoms with Gasteiger partial charge in [-0.05, 0) is 25.3 Å². The minimum absolute atomic E-state index is 0.391. The number of β-amino-alcohol motifs (C(OH)–C–C–N with tert-alkyl or cyclic N) is 1. The molecular weight excluding hydrogens is 316 g/mol. The highest BCUT2D eigenvalue weighted by Gasteiger charge is 2.31. The standard InChI is InChI=1S/C19H26N4O2/c1-14-11-22(13-18-20-19(25-21-18)16-7-8-16)9-10-23(14)12-17(24)15-5-3-2-4-6-15/h2-6,14,16-17,24H,7-13H2,1H3. The molecule has 2 heterocycles. The molecule has 2 unspecified atom stereocenters. The van der Waals surface area contributed by atoms with Crippen LogP contribution in [0.3, 0.4) is 0 Å². The third kappa shape index (κ3) is 4.08. The van der Waals surface area contributed by atoms with Gasteiger partial charge in [-0.15, -0.1) is 0 Å². The second kappa shape index (κ2) is 7.23. The van der Waals surface area contributed by atoms with Gasteiger partial charge in [-0.25, -0.2) is 0 Å². The number of hydrogen-bond donors (Lipinski definition) is 1. The van der Waals surface area contributed by atoms with E-state index in [1.807, 2.05) is 30.3 Å².